The average molecular weight is 403 g/mol. The van der Waals surface area contributed by atoms with Gasteiger partial charge < -0.3 is 5.32 Å². The van der Waals surface area contributed by atoms with Gasteiger partial charge in [0.25, 0.3) is 0 Å². The zero-order chi connectivity index (χ0) is 20.6. The lowest BCUT2D eigenvalue weighted by Gasteiger charge is -2.10. The molecule has 2 aromatic rings. The maximum atomic E-state index is 12.2. The number of rotatable bonds is 10. The standard InChI is InChI=1S/C22H30N2O3S/c1-4-5-6-18-7-12-20(13-8-18)23-22(25)16-11-19-9-14-21(15-10-19)28(26,27)24-17(2)3/h7-10,12-15,17,24H,4-6,11,16H2,1-3H3,(H,23,25). The zero-order valence-corrected chi connectivity index (χ0v) is 17.7. The highest BCUT2D eigenvalue weighted by molar-refractivity contribution is 7.89. The van der Waals surface area contributed by atoms with Crippen molar-refractivity contribution in [2.24, 2.45) is 0 Å². The molecule has 2 rings (SSSR count). The van der Waals surface area contributed by atoms with Crippen LogP contribution in [-0.2, 0) is 27.7 Å². The summed E-state index contributed by atoms with van der Waals surface area (Å²) in [6.07, 6.45) is 4.29. The van der Waals surface area contributed by atoms with Gasteiger partial charge in [-0.3, -0.25) is 4.79 Å². The average Bonchev–Trinajstić information content (AvgIpc) is 2.65. The molecule has 0 spiro atoms. The number of nitrogens with one attached hydrogen (secondary N) is 2. The number of anilines is 1. The Bertz CT molecular complexity index is 858. The fourth-order valence-electron chi connectivity index (χ4n) is 2.83. The van der Waals surface area contributed by atoms with Crippen LogP contribution in [0.5, 0.6) is 0 Å². The van der Waals surface area contributed by atoms with Gasteiger partial charge in [0.15, 0.2) is 0 Å². The van der Waals surface area contributed by atoms with Gasteiger partial charge in [0.1, 0.15) is 0 Å². The van der Waals surface area contributed by atoms with E-state index in [1.54, 1.807) is 38.1 Å². The number of unbranched alkanes of at least 4 members (excludes halogenated alkanes) is 1. The molecular weight excluding hydrogens is 372 g/mol. The monoisotopic (exact) mass is 402 g/mol. The van der Waals surface area contributed by atoms with Crippen molar-refractivity contribution >= 4 is 21.6 Å². The molecule has 0 aliphatic carbocycles. The summed E-state index contributed by atoms with van der Waals surface area (Å²) in [5, 5.41) is 2.91. The van der Waals surface area contributed by atoms with Crippen LogP contribution in [0, 0.1) is 0 Å². The molecule has 1 amide bonds. The summed E-state index contributed by atoms with van der Waals surface area (Å²) in [7, 11) is -3.49. The number of amides is 1. The van der Waals surface area contributed by atoms with E-state index in [-0.39, 0.29) is 16.8 Å². The fraction of sp³-hybridized carbons (Fsp3) is 0.409. The van der Waals surface area contributed by atoms with Gasteiger partial charge in [-0.05, 0) is 68.5 Å². The molecule has 2 N–H and O–H groups in total. The number of benzene rings is 2. The highest BCUT2D eigenvalue weighted by Crippen LogP contribution is 2.14. The molecule has 6 heteroatoms. The molecule has 0 saturated heterocycles. The van der Waals surface area contributed by atoms with E-state index >= 15 is 0 Å². The van der Waals surface area contributed by atoms with Crippen LogP contribution < -0.4 is 10.0 Å². The first kappa shape index (κ1) is 22.1. The molecular formula is C22H30N2O3S. The SMILES string of the molecule is CCCCc1ccc(NC(=O)CCc2ccc(S(=O)(=O)NC(C)C)cc2)cc1. The third-order valence-electron chi connectivity index (χ3n) is 4.32. The minimum absolute atomic E-state index is 0.0560. The van der Waals surface area contributed by atoms with Crippen LogP contribution in [0.4, 0.5) is 5.69 Å². The lowest BCUT2D eigenvalue weighted by atomic mass is 10.1. The Kier molecular flexibility index (Phi) is 8.20. The van der Waals surface area contributed by atoms with Crippen molar-refractivity contribution in [2.45, 2.75) is 63.8 Å². The Morgan fingerprint density at radius 3 is 2.07 bits per heavy atom. The lowest BCUT2D eigenvalue weighted by Crippen LogP contribution is -2.30. The first-order valence-corrected chi connectivity index (χ1v) is 11.3. The number of carbonyl (C=O) groups excluding carboxylic acids is 1. The van der Waals surface area contributed by atoms with E-state index in [0.717, 1.165) is 17.7 Å². The summed E-state index contributed by atoms with van der Waals surface area (Å²) >= 11 is 0. The zero-order valence-electron chi connectivity index (χ0n) is 16.9. The van der Waals surface area contributed by atoms with Crippen LogP contribution in [0.15, 0.2) is 53.4 Å². The first-order valence-electron chi connectivity index (χ1n) is 9.80. The van der Waals surface area contributed by atoms with E-state index in [9.17, 15) is 13.2 Å². The normalized spacial score (nSPS) is 11.6. The second-order valence-corrected chi connectivity index (χ2v) is 8.98. The van der Waals surface area contributed by atoms with Gasteiger partial charge in [-0.1, -0.05) is 37.6 Å². The van der Waals surface area contributed by atoms with Crippen molar-refractivity contribution in [3.8, 4) is 0 Å². The van der Waals surface area contributed by atoms with Crippen LogP contribution in [0.3, 0.4) is 0 Å². The van der Waals surface area contributed by atoms with Crippen LogP contribution in [0.1, 0.15) is 51.2 Å². The van der Waals surface area contributed by atoms with Crippen LogP contribution >= 0.6 is 0 Å². The Hall–Kier alpha value is -2.18. The Morgan fingerprint density at radius 1 is 0.929 bits per heavy atom. The third kappa shape index (κ3) is 7.09. The quantitative estimate of drug-likeness (QED) is 0.623. The van der Waals surface area contributed by atoms with Crippen LogP contribution in [0.2, 0.25) is 0 Å². The van der Waals surface area contributed by atoms with Gasteiger partial charge in [0.2, 0.25) is 15.9 Å². The van der Waals surface area contributed by atoms with Crippen molar-refractivity contribution in [3.63, 3.8) is 0 Å². The molecule has 0 atom stereocenters. The summed E-state index contributed by atoms with van der Waals surface area (Å²) in [6.45, 7) is 5.73. The van der Waals surface area contributed by atoms with Gasteiger partial charge in [-0.25, -0.2) is 13.1 Å². The Balaban J connectivity index is 1.85. The topological polar surface area (TPSA) is 75.3 Å². The highest BCUT2D eigenvalue weighted by Gasteiger charge is 2.15. The van der Waals surface area contributed by atoms with Gasteiger partial charge in [-0.15, -0.1) is 0 Å². The molecule has 0 unspecified atom stereocenters. The third-order valence-corrected chi connectivity index (χ3v) is 6.00. The van der Waals surface area contributed by atoms with Crippen molar-refractivity contribution in [1.82, 2.24) is 4.72 Å². The molecule has 0 bridgehead atoms. The molecule has 2 aromatic carbocycles. The van der Waals surface area contributed by atoms with Gasteiger partial charge in [0.05, 0.1) is 4.90 Å². The number of aryl methyl sites for hydroxylation is 2. The van der Waals surface area contributed by atoms with E-state index in [4.69, 9.17) is 0 Å². The van der Waals surface area contributed by atoms with Crippen molar-refractivity contribution in [1.29, 1.82) is 0 Å². The molecule has 0 heterocycles. The van der Waals surface area contributed by atoms with Crippen LogP contribution in [-0.4, -0.2) is 20.4 Å². The number of hydrogen-bond acceptors (Lipinski definition) is 3. The molecule has 0 aliphatic heterocycles. The molecule has 0 aromatic heterocycles. The van der Waals surface area contributed by atoms with Crippen molar-refractivity contribution < 1.29 is 13.2 Å². The van der Waals surface area contributed by atoms with Crippen LogP contribution in [0.25, 0.3) is 0 Å². The highest BCUT2D eigenvalue weighted by atomic mass is 32.2. The van der Waals surface area contributed by atoms with Gasteiger partial charge >= 0.3 is 0 Å². The van der Waals surface area contributed by atoms with Gasteiger partial charge in [-0.2, -0.15) is 0 Å². The minimum atomic E-state index is -3.49. The number of sulfonamides is 1. The molecule has 0 saturated carbocycles. The maximum absolute atomic E-state index is 12.2. The molecule has 5 nitrogen and oxygen atoms in total. The summed E-state index contributed by atoms with van der Waals surface area (Å²) in [5.74, 6) is -0.0560. The molecule has 0 aliphatic rings. The molecule has 0 radical (unpaired) electrons. The first-order chi connectivity index (χ1) is 13.3. The van der Waals surface area contributed by atoms with E-state index < -0.39 is 10.0 Å². The fourth-order valence-corrected chi connectivity index (χ4v) is 4.08. The predicted octanol–water partition coefficient (Wildman–Crippen LogP) is 4.29. The molecule has 0 fully saturated rings. The Labute approximate surface area is 168 Å². The smallest absolute Gasteiger partial charge is 0.240 e. The number of carbonyl (C=O) groups is 1. The largest absolute Gasteiger partial charge is 0.326 e. The minimum Gasteiger partial charge on any atom is -0.326 e. The summed E-state index contributed by atoms with van der Waals surface area (Å²) in [4.78, 5) is 12.4. The summed E-state index contributed by atoms with van der Waals surface area (Å²) in [6, 6.07) is 14.5. The maximum Gasteiger partial charge on any atom is 0.240 e. The second-order valence-electron chi connectivity index (χ2n) is 7.27. The van der Waals surface area contributed by atoms with E-state index in [1.807, 2.05) is 12.1 Å². The molecule has 152 valence electrons. The lowest BCUT2D eigenvalue weighted by molar-refractivity contribution is -0.116. The number of hydrogen-bond donors (Lipinski definition) is 2. The van der Waals surface area contributed by atoms with E-state index in [0.29, 0.717) is 12.8 Å². The second kappa shape index (κ2) is 10.4. The molecule has 28 heavy (non-hydrogen) atoms. The van der Waals surface area contributed by atoms with Gasteiger partial charge in [0, 0.05) is 18.2 Å². The predicted molar refractivity (Wildman–Crippen MR) is 114 cm³/mol. The van der Waals surface area contributed by atoms with E-state index in [2.05, 4.69) is 29.1 Å². The van der Waals surface area contributed by atoms with E-state index in [1.165, 1.54) is 18.4 Å². The van der Waals surface area contributed by atoms with Crippen molar-refractivity contribution in [2.75, 3.05) is 5.32 Å². The Morgan fingerprint density at radius 2 is 1.50 bits per heavy atom. The summed E-state index contributed by atoms with van der Waals surface area (Å²) in [5.41, 5.74) is 3.00. The van der Waals surface area contributed by atoms with Crippen molar-refractivity contribution in [3.05, 3.63) is 59.7 Å². The summed E-state index contributed by atoms with van der Waals surface area (Å²) < 4.78 is 26.8.